The van der Waals surface area contributed by atoms with E-state index in [0.717, 1.165) is 30.9 Å². The van der Waals surface area contributed by atoms with Crippen LogP contribution in [0.25, 0.3) is 0 Å². The van der Waals surface area contributed by atoms with Crippen LogP contribution in [-0.2, 0) is 20.0 Å². The third-order valence-electron chi connectivity index (χ3n) is 3.54. The Hall–Kier alpha value is -1.62. The van der Waals surface area contributed by atoms with Crippen LogP contribution in [0.2, 0.25) is 0 Å². The van der Waals surface area contributed by atoms with E-state index in [1.54, 1.807) is 0 Å². The maximum atomic E-state index is 4.65. The van der Waals surface area contributed by atoms with Gasteiger partial charge in [-0.2, -0.15) is 10.2 Å². The van der Waals surface area contributed by atoms with Crippen molar-refractivity contribution in [2.24, 2.45) is 7.05 Å². The normalized spacial score (nSPS) is 11.5. The fourth-order valence-corrected chi connectivity index (χ4v) is 2.44. The van der Waals surface area contributed by atoms with Gasteiger partial charge in [-0.15, -0.1) is 0 Å². The molecule has 5 heteroatoms. The second kappa shape index (κ2) is 6.22. The van der Waals surface area contributed by atoms with E-state index in [9.17, 15) is 0 Å². The van der Waals surface area contributed by atoms with Crippen LogP contribution in [-0.4, -0.2) is 32.1 Å². The maximum Gasteiger partial charge on any atom is 0.0853 e. The smallest absolute Gasteiger partial charge is 0.0853 e. The van der Waals surface area contributed by atoms with Crippen LogP contribution in [0.4, 0.5) is 0 Å². The van der Waals surface area contributed by atoms with Crippen molar-refractivity contribution in [1.82, 2.24) is 24.9 Å². The van der Waals surface area contributed by atoms with E-state index < -0.39 is 0 Å². The van der Waals surface area contributed by atoms with Crippen LogP contribution in [0.15, 0.2) is 12.3 Å². The number of hydrogen-bond acceptors (Lipinski definition) is 3. The number of aryl methyl sites for hydroxylation is 2. The van der Waals surface area contributed by atoms with E-state index in [4.69, 9.17) is 0 Å². The molecule has 2 aromatic rings. The zero-order valence-corrected chi connectivity index (χ0v) is 13.1. The van der Waals surface area contributed by atoms with Gasteiger partial charge in [-0.25, -0.2) is 0 Å². The minimum atomic E-state index is 0.527. The van der Waals surface area contributed by atoms with Gasteiger partial charge in [0.1, 0.15) is 0 Å². The summed E-state index contributed by atoms with van der Waals surface area (Å²) in [6.07, 6.45) is 2.99. The van der Waals surface area contributed by atoms with Gasteiger partial charge >= 0.3 is 0 Å². The Morgan fingerprint density at radius 3 is 2.60 bits per heavy atom. The average molecular weight is 275 g/mol. The number of hydrogen-bond donors (Lipinski definition) is 1. The Balaban J connectivity index is 2.08. The van der Waals surface area contributed by atoms with Crippen molar-refractivity contribution in [2.45, 2.75) is 46.7 Å². The highest BCUT2D eigenvalue weighted by atomic mass is 15.3. The molecule has 0 amide bonds. The van der Waals surface area contributed by atoms with E-state index in [1.807, 2.05) is 24.0 Å². The summed E-state index contributed by atoms with van der Waals surface area (Å²) >= 11 is 0. The van der Waals surface area contributed by atoms with Crippen molar-refractivity contribution in [3.05, 3.63) is 34.9 Å². The second-order valence-electron chi connectivity index (χ2n) is 5.65. The van der Waals surface area contributed by atoms with E-state index in [2.05, 4.69) is 47.9 Å². The van der Waals surface area contributed by atoms with Gasteiger partial charge in [0.2, 0.25) is 0 Å². The zero-order valence-electron chi connectivity index (χ0n) is 13.1. The van der Waals surface area contributed by atoms with Crippen LogP contribution in [0.3, 0.4) is 0 Å². The van der Waals surface area contributed by atoms with Gasteiger partial charge in [0.15, 0.2) is 0 Å². The summed E-state index contributed by atoms with van der Waals surface area (Å²) in [6, 6.07) is 2.57. The molecule has 0 radical (unpaired) electrons. The molecule has 110 valence electrons. The van der Waals surface area contributed by atoms with Crippen LogP contribution in [0.5, 0.6) is 0 Å². The van der Waals surface area contributed by atoms with Gasteiger partial charge in [0, 0.05) is 25.0 Å². The Labute approximate surface area is 121 Å². The first kappa shape index (κ1) is 14.8. The van der Waals surface area contributed by atoms with E-state index in [0.29, 0.717) is 6.04 Å². The Bertz CT molecular complexity index is 565. The van der Waals surface area contributed by atoms with E-state index in [-0.39, 0.29) is 0 Å². The molecule has 2 rings (SSSR count). The number of nitrogens with one attached hydrogen (secondary N) is 1. The Morgan fingerprint density at radius 2 is 2.00 bits per heavy atom. The molecule has 1 N–H and O–H groups in total. The third kappa shape index (κ3) is 3.48. The molecule has 0 bridgehead atoms. The van der Waals surface area contributed by atoms with E-state index in [1.165, 1.54) is 11.3 Å². The molecule has 0 aliphatic heterocycles. The molecule has 0 unspecified atom stereocenters. The van der Waals surface area contributed by atoms with Gasteiger partial charge in [-0.05, 0) is 38.4 Å². The lowest BCUT2D eigenvalue weighted by atomic mass is 10.1. The Morgan fingerprint density at radius 1 is 1.25 bits per heavy atom. The molecule has 0 spiro atoms. The molecule has 0 aliphatic rings. The topological polar surface area (TPSA) is 47.7 Å². The quantitative estimate of drug-likeness (QED) is 0.875. The molecule has 5 nitrogen and oxygen atoms in total. The summed E-state index contributed by atoms with van der Waals surface area (Å²) < 4.78 is 3.89. The van der Waals surface area contributed by atoms with Gasteiger partial charge in [0.25, 0.3) is 0 Å². The fourth-order valence-electron chi connectivity index (χ4n) is 2.44. The molecule has 0 aliphatic carbocycles. The first-order valence-electron chi connectivity index (χ1n) is 7.22. The summed E-state index contributed by atoms with van der Waals surface area (Å²) in [7, 11) is 1.94. The van der Waals surface area contributed by atoms with Crippen molar-refractivity contribution in [2.75, 3.05) is 6.54 Å². The van der Waals surface area contributed by atoms with Crippen LogP contribution in [0, 0.1) is 13.8 Å². The van der Waals surface area contributed by atoms with Crippen LogP contribution in [0.1, 0.15) is 36.5 Å². The Kier molecular flexibility index (Phi) is 4.60. The molecule has 20 heavy (non-hydrogen) atoms. The molecule has 0 aromatic carbocycles. The first-order chi connectivity index (χ1) is 9.47. The summed E-state index contributed by atoms with van der Waals surface area (Å²) in [5.74, 6) is 0. The van der Waals surface area contributed by atoms with Crippen molar-refractivity contribution < 1.29 is 0 Å². The molecule has 0 fully saturated rings. The van der Waals surface area contributed by atoms with E-state index >= 15 is 0 Å². The lowest BCUT2D eigenvalue weighted by Crippen LogP contribution is -2.25. The lowest BCUT2D eigenvalue weighted by Gasteiger charge is -2.08. The molecule has 0 saturated carbocycles. The highest BCUT2D eigenvalue weighted by molar-refractivity contribution is 5.25. The SMILES string of the molecule is Cc1nn(Cc2ccn(C)n2)c(C)c1CCNC(C)C. The van der Waals surface area contributed by atoms with Gasteiger partial charge in [0.05, 0.1) is 17.9 Å². The number of rotatable bonds is 6. The average Bonchev–Trinajstić information content (AvgIpc) is 2.88. The zero-order chi connectivity index (χ0) is 14.7. The first-order valence-corrected chi connectivity index (χ1v) is 7.22. The largest absolute Gasteiger partial charge is 0.314 e. The number of aromatic nitrogens is 4. The third-order valence-corrected chi connectivity index (χ3v) is 3.54. The summed E-state index contributed by atoms with van der Waals surface area (Å²) in [5.41, 5.74) is 4.78. The molecule has 2 aromatic heterocycles. The second-order valence-corrected chi connectivity index (χ2v) is 5.65. The molecule has 0 saturated heterocycles. The standard InChI is InChI=1S/C15H25N5/c1-11(2)16-8-6-15-12(3)17-20(13(15)4)10-14-7-9-19(5)18-14/h7,9,11,16H,6,8,10H2,1-5H3. The number of nitrogens with zero attached hydrogens (tertiary/aromatic N) is 4. The van der Waals surface area contributed by atoms with Crippen molar-refractivity contribution in [3.8, 4) is 0 Å². The van der Waals surface area contributed by atoms with Crippen molar-refractivity contribution >= 4 is 0 Å². The molecule has 2 heterocycles. The van der Waals surface area contributed by atoms with Crippen LogP contribution < -0.4 is 5.32 Å². The van der Waals surface area contributed by atoms with Gasteiger partial charge in [-0.1, -0.05) is 13.8 Å². The summed E-state index contributed by atoms with van der Waals surface area (Å²) in [6.45, 7) is 10.3. The van der Waals surface area contributed by atoms with Crippen molar-refractivity contribution in [3.63, 3.8) is 0 Å². The highest BCUT2D eigenvalue weighted by Crippen LogP contribution is 2.14. The van der Waals surface area contributed by atoms with Gasteiger partial charge < -0.3 is 5.32 Å². The molecule has 0 atom stereocenters. The van der Waals surface area contributed by atoms with Crippen molar-refractivity contribution in [1.29, 1.82) is 0 Å². The maximum absolute atomic E-state index is 4.65. The summed E-state index contributed by atoms with van der Waals surface area (Å²) in [4.78, 5) is 0. The highest BCUT2D eigenvalue weighted by Gasteiger charge is 2.12. The minimum absolute atomic E-state index is 0.527. The minimum Gasteiger partial charge on any atom is -0.314 e. The molecular formula is C15H25N5. The lowest BCUT2D eigenvalue weighted by molar-refractivity contribution is 0.588. The fraction of sp³-hybridized carbons (Fsp3) is 0.600. The predicted molar refractivity (Wildman–Crippen MR) is 80.9 cm³/mol. The van der Waals surface area contributed by atoms with Gasteiger partial charge in [-0.3, -0.25) is 9.36 Å². The summed E-state index contributed by atoms with van der Waals surface area (Å²) in [5, 5.41) is 12.5. The molecular weight excluding hydrogens is 250 g/mol. The predicted octanol–water partition coefficient (Wildman–Crippen LogP) is 1.82. The van der Waals surface area contributed by atoms with Crippen LogP contribution >= 0.6 is 0 Å². The monoisotopic (exact) mass is 275 g/mol.